The van der Waals surface area contributed by atoms with Crippen LogP contribution in [0.5, 0.6) is 0 Å². The van der Waals surface area contributed by atoms with E-state index in [1.165, 1.54) is 109 Å². The molecule has 0 saturated carbocycles. The van der Waals surface area contributed by atoms with Crippen LogP contribution in [0.25, 0.3) is 87.3 Å². The summed E-state index contributed by atoms with van der Waals surface area (Å²) in [6.07, 6.45) is 0. The summed E-state index contributed by atoms with van der Waals surface area (Å²) in [6, 6.07) is 50.5. The zero-order valence-corrected chi connectivity index (χ0v) is 25.2. The van der Waals surface area contributed by atoms with Crippen LogP contribution in [-0.4, -0.2) is 15.8 Å². The Balaban J connectivity index is 1.46. The van der Waals surface area contributed by atoms with Gasteiger partial charge in [-0.2, -0.15) is 0 Å². The monoisotopic (exact) mass is 580 g/mol. The van der Waals surface area contributed by atoms with E-state index in [2.05, 4.69) is 150 Å². The zero-order valence-electron chi connectivity index (χ0n) is 25.2. The van der Waals surface area contributed by atoms with Crippen LogP contribution in [0.1, 0.15) is 5.56 Å². The first-order valence-corrected chi connectivity index (χ1v) is 16.2. The predicted octanol–water partition coefficient (Wildman–Crippen LogP) is 8.79. The number of para-hydroxylation sites is 4. The number of nitrogens with zero attached hydrogens (tertiary/aromatic N) is 2. The average Bonchev–Trinajstić information content (AvgIpc) is 3.62. The van der Waals surface area contributed by atoms with Crippen LogP contribution in [0.2, 0.25) is 0 Å². The van der Waals surface area contributed by atoms with Gasteiger partial charge in [-0.15, -0.1) is 0 Å². The molecule has 0 bridgehead atoms. The van der Waals surface area contributed by atoms with Crippen molar-refractivity contribution in [1.29, 1.82) is 0 Å². The number of hydrogen-bond acceptors (Lipinski definition) is 0. The molecule has 0 amide bonds. The maximum absolute atomic E-state index is 2.63. The van der Waals surface area contributed by atoms with Crippen LogP contribution in [-0.2, 0) is 0 Å². The van der Waals surface area contributed by atoms with Crippen molar-refractivity contribution in [3.8, 4) is 11.4 Å². The van der Waals surface area contributed by atoms with E-state index in [1.807, 2.05) is 0 Å². The molecule has 210 valence electrons. The van der Waals surface area contributed by atoms with Gasteiger partial charge in [-0.3, -0.25) is 0 Å². The molecule has 8 aromatic carbocycles. The van der Waals surface area contributed by atoms with Crippen LogP contribution in [0.4, 0.5) is 0 Å². The zero-order chi connectivity index (χ0) is 29.8. The third kappa shape index (κ3) is 2.54. The highest BCUT2D eigenvalue weighted by Crippen LogP contribution is 2.45. The maximum atomic E-state index is 2.63. The standard InChI is InChI=1S/C43H25BN2/c1-24-20-21-27-25-10-2-3-11-26(25)33-23-38-40-43(39(33)32(27)22-24)46-37-19-7-5-13-29(37)31-15-9-17-35(42(31)46)44(40)34-16-8-14-30-28-12-4-6-18-36(28)45(38)41(30)34/h2-23H,1H3. The predicted molar refractivity (Wildman–Crippen MR) is 197 cm³/mol. The second-order valence-electron chi connectivity index (χ2n) is 13.3. The summed E-state index contributed by atoms with van der Waals surface area (Å²) in [5.74, 6) is 0. The molecule has 4 heterocycles. The lowest BCUT2D eigenvalue weighted by atomic mass is 9.34. The van der Waals surface area contributed by atoms with E-state index in [1.54, 1.807) is 0 Å². The van der Waals surface area contributed by atoms with E-state index < -0.39 is 0 Å². The molecule has 2 aliphatic rings. The number of fused-ring (bicyclic) bond motifs is 17. The summed E-state index contributed by atoms with van der Waals surface area (Å²) in [5, 5.41) is 13.2. The number of rotatable bonds is 0. The summed E-state index contributed by atoms with van der Waals surface area (Å²) in [4.78, 5) is 0. The normalized spacial score (nSPS) is 13.3. The fourth-order valence-electron chi connectivity index (χ4n) is 9.43. The molecule has 0 aliphatic carbocycles. The van der Waals surface area contributed by atoms with Crippen LogP contribution in [0.15, 0.2) is 133 Å². The largest absolute Gasteiger partial charge is 0.310 e. The minimum absolute atomic E-state index is 0.127. The average molecular weight is 580 g/mol. The summed E-state index contributed by atoms with van der Waals surface area (Å²) >= 11 is 0. The molecule has 0 unspecified atom stereocenters. The Bertz CT molecular complexity index is 3050. The molecular weight excluding hydrogens is 555 g/mol. The fraction of sp³-hybridized carbons (Fsp3) is 0.0233. The van der Waals surface area contributed by atoms with Gasteiger partial charge in [0, 0.05) is 43.7 Å². The lowest BCUT2D eigenvalue weighted by Gasteiger charge is -2.35. The Labute approximate surface area is 264 Å². The molecule has 12 rings (SSSR count). The molecule has 46 heavy (non-hydrogen) atoms. The number of benzene rings is 8. The van der Waals surface area contributed by atoms with Crippen molar-refractivity contribution in [3.05, 3.63) is 139 Å². The SMILES string of the molecule is Cc1ccc2c3ccccc3c3cc4c5c(c3c2c1)-n1c2ccccc2c2cccc(c21)B5c1cccc2c3ccccc3n-4c12. The highest BCUT2D eigenvalue weighted by molar-refractivity contribution is 7.00. The second kappa shape index (κ2) is 7.88. The fourth-order valence-corrected chi connectivity index (χ4v) is 9.43. The first kappa shape index (κ1) is 23.6. The molecule has 0 radical (unpaired) electrons. The van der Waals surface area contributed by atoms with Gasteiger partial charge in [0.2, 0.25) is 0 Å². The number of aryl methyl sites for hydroxylation is 1. The van der Waals surface area contributed by atoms with Crippen molar-refractivity contribution in [1.82, 2.24) is 9.13 Å². The van der Waals surface area contributed by atoms with Crippen molar-refractivity contribution in [2.45, 2.75) is 6.92 Å². The van der Waals surface area contributed by atoms with Crippen molar-refractivity contribution in [2.75, 3.05) is 0 Å². The van der Waals surface area contributed by atoms with E-state index in [0.29, 0.717) is 0 Å². The smallest absolute Gasteiger partial charge is 0.252 e. The Morgan fingerprint density at radius 3 is 1.65 bits per heavy atom. The van der Waals surface area contributed by atoms with E-state index in [0.717, 1.165) is 0 Å². The van der Waals surface area contributed by atoms with Gasteiger partial charge < -0.3 is 9.13 Å². The maximum Gasteiger partial charge on any atom is 0.252 e. The lowest BCUT2D eigenvalue weighted by Crippen LogP contribution is -2.59. The molecule has 0 saturated heterocycles. The van der Waals surface area contributed by atoms with Gasteiger partial charge in [0.05, 0.1) is 16.7 Å². The van der Waals surface area contributed by atoms with E-state index in [9.17, 15) is 0 Å². The molecule has 0 atom stereocenters. The number of aromatic nitrogens is 2. The molecule has 3 heteroatoms. The molecular formula is C43H25BN2. The van der Waals surface area contributed by atoms with Crippen molar-refractivity contribution in [2.24, 2.45) is 0 Å². The highest BCUT2D eigenvalue weighted by Gasteiger charge is 2.41. The summed E-state index contributed by atoms with van der Waals surface area (Å²) in [5.41, 5.74) is 13.4. The van der Waals surface area contributed by atoms with Crippen LogP contribution in [0.3, 0.4) is 0 Å². The second-order valence-corrected chi connectivity index (χ2v) is 13.3. The van der Waals surface area contributed by atoms with Gasteiger partial charge in [0.1, 0.15) is 0 Å². The van der Waals surface area contributed by atoms with Crippen molar-refractivity contribution < 1.29 is 0 Å². The molecule has 2 nitrogen and oxygen atoms in total. The topological polar surface area (TPSA) is 9.86 Å². The summed E-state index contributed by atoms with van der Waals surface area (Å²) in [6.45, 7) is 2.35. The quantitative estimate of drug-likeness (QED) is 0.125. The van der Waals surface area contributed by atoms with Gasteiger partial charge in [0.25, 0.3) is 6.71 Å². The first-order chi connectivity index (χ1) is 22.8. The van der Waals surface area contributed by atoms with Gasteiger partial charge in [-0.25, -0.2) is 0 Å². The summed E-state index contributed by atoms with van der Waals surface area (Å²) in [7, 11) is 0. The van der Waals surface area contributed by atoms with E-state index in [4.69, 9.17) is 0 Å². The Morgan fingerprint density at radius 2 is 0.957 bits per heavy atom. The molecule has 0 fully saturated rings. The molecule has 10 aromatic rings. The summed E-state index contributed by atoms with van der Waals surface area (Å²) < 4.78 is 5.21. The third-order valence-electron chi connectivity index (χ3n) is 11.1. The lowest BCUT2D eigenvalue weighted by molar-refractivity contribution is 1.16. The number of hydrogen-bond donors (Lipinski definition) is 0. The van der Waals surface area contributed by atoms with E-state index >= 15 is 0 Å². The molecule has 2 aliphatic heterocycles. The Hall–Kier alpha value is -5.80. The van der Waals surface area contributed by atoms with Crippen LogP contribution < -0.4 is 16.4 Å². The van der Waals surface area contributed by atoms with Gasteiger partial charge in [-0.1, -0.05) is 121 Å². The highest BCUT2D eigenvalue weighted by atomic mass is 15.0. The minimum Gasteiger partial charge on any atom is -0.310 e. The van der Waals surface area contributed by atoms with Crippen LogP contribution >= 0.6 is 0 Å². The minimum atomic E-state index is 0.127. The first-order valence-electron chi connectivity index (χ1n) is 16.2. The third-order valence-corrected chi connectivity index (χ3v) is 11.1. The van der Waals surface area contributed by atoms with Crippen molar-refractivity contribution >= 4 is 99.0 Å². The van der Waals surface area contributed by atoms with Crippen LogP contribution in [0, 0.1) is 6.92 Å². The van der Waals surface area contributed by atoms with E-state index in [-0.39, 0.29) is 6.71 Å². The Kier molecular flexibility index (Phi) is 4.04. The Morgan fingerprint density at radius 1 is 0.435 bits per heavy atom. The molecule has 0 spiro atoms. The molecule has 0 N–H and O–H groups in total. The van der Waals surface area contributed by atoms with Crippen molar-refractivity contribution in [3.63, 3.8) is 0 Å². The van der Waals surface area contributed by atoms with Gasteiger partial charge in [-0.05, 0) is 68.4 Å². The van der Waals surface area contributed by atoms with Gasteiger partial charge in [0.15, 0.2) is 0 Å². The van der Waals surface area contributed by atoms with Gasteiger partial charge >= 0.3 is 0 Å². The molecule has 2 aromatic heterocycles.